The van der Waals surface area contributed by atoms with E-state index in [4.69, 9.17) is 23.2 Å². The van der Waals surface area contributed by atoms with Gasteiger partial charge >= 0.3 is 0 Å². The summed E-state index contributed by atoms with van der Waals surface area (Å²) in [6, 6.07) is 23.4. The third-order valence-electron chi connectivity index (χ3n) is 4.95. The number of aryl methyl sites for hydroxylation is 1. The molecule has 0 spiro atoms. The molecule has 2 aromatic heterocycles. The van der Waals surface area contributed by atoms with Crippen LogP contribution in [0.2, 0.25) is 10.0 Å². The Hall–Kier alpha value is -3.48. The van der Waals surface area contributed by atoms with Crippen molar-refractivity contribution in [2.45, 2.75) is 6.92 Å². The molecule has 0 radical (unpaired) electrons. The molecular weight excluding hydrogens is 431 g/mol. The van der Waals surface area contributed by atoms with E-state index >= 15 is 0 Å². The molecule has 0 atom stereocenters. The first-order chi connectivity index (χ1) is 15.1. The molecule has 6 nitrogen and oxygen atoms in total. The molecule has 2 heterocycles. The molecule has 0 N–H and O–H groups in total. The maximum atomic E-state index is 6.28. The summed E-state index contributed by atoms with van der Waals surface area (Å²) in [7, 11) is 0. The molecule has 31 heavy (non-hydrogen) atoms. The van der Waals surface area contributed by atoms with E-state index in [-0.39, 0.29) is 0 Å². The molecule has 5 rings (SSSR count). The van der Waals surface area contributed by atoms with Gasteiger partial charge in [-0.25, -0.2) is 4.68 Å². The van der Waals surface area contributed by atoms with Crippen molar-refractivity contribution in [1.82, 2.24) is 30.0 Å². The van der Waals surface area contributed by atoms with Gasteiger partial charge in [0.05, 0.1) is 38.9 Å². The number of hydrogen-bond donors (Lipinski definition) is 0. The number of rotatable bonds is 4. The highest BCUT2D eigenvalue weighted by Gasteiger charge is 2.21. The average molecular weight is 447 g/mol. The number of para-hydroxylation sites is 1. The smallest absolute Gasteiger partial charge is 0.190 e. The topological polar surface area (TPSA) is 61.4 Å². The maximum Gasteiger partial charge on any atom is 0.190 e. The second-order valence-electron chi connectivity index (χ2n) is 7.03. The SMILES string of the molecule is Cc1ccc(-c2c(-c3nnnn3-c3ccccc3)cnn2-c2ccc(Cl)c(Cl)c2)cc1. The lowest BCUT2D eigenvalue weighted by molar-refractivity contribution is 0.791. The Morgan fingerprint density at radius 1 is 0.774 bits per heavy atom. The Balaban J connectivity index is 1.75. The highest BCUT2D eigenvalue weighted by Crippen LogP contribution is 2.35. The number of halogens is 2. The summed E-state index contributed by atoms with van der Waals surface area (Å²) in [4.78, 5) is 0. The van der Waals surface area contributed by atoms with Crippen LogP contribution in [0.25, 0.3) is 34.0 Å². The van der Waals surface area contributed by atoms with Gasteiger partial charge in [0, 0.05) is 5.56 Å². The van der Waals surface area contributed by atoms with E-state index in [2.05, 4.69) is 51.8 Å². The standard InChI is InChI=1S/C23H16Cl2N6/c1-15-7-9-16(10-8-15)22-19(14-26-30(22)18-11-12-20(24)21(25)13-18)23-27-28-29-31(23)17-5-3-2-4-6-17/h2-14H,1H3. The summed E-state index contributed by atoms with van der Waals surface area (Å²) in [5.41, 5.74) is 5.44. The molecule has 0 fully saturated rings. The predicted octanol–water partition coefficient (Wildman–Crippen LogP) is 5.80. The van der Waals surface area contributed by atoms with E-state index in [9.17, 15) is 0 Å². The molecule has 0 unspecified atom stereocenters. The molecule has 0 aliphatic carbocycles. The Kier molecular flexibility index (Phi) is 5.02. The van der Waals surface area contributed by atoms with Gasteiger partial charge in [-0.2, -0.15) is 9.78 Å². The van der Waals surface area contributed by atoms with Gasteiger partial charge < -0.3 is 0 Å². The fourth-order valence-electron chi connectivity index (χ4n) is 3.41. The fraction of sp³-hybridized carbons (Fsp3) is 0.0435. The fourth-order valence-corrected chi connectivity index (χ4v) is 3.70. The Labute approximate surface area is 188 Å². The lowest BCUT2D eigenvalue weighted by Crippen LogP contribution is -2.02. The summed E-state index contributed by atoms with van der Waals surface area (Å²) in [6.07, 6.45) is 1.77. The lowest BCUT2D eigenvalue weighted by atomic mass is 10.1. The van der Waals surface area contributed by atoms with Crippen molar-refractivity contribution < 1.29 is 0 Å². The molecule has 0 amide bonds. The van der Waals surface area contributed by atoms with Crippen LogP contribution in [0, 0.1) is 6.92 Å². The predicted molar refractivity (Wildman–Crippen MR) is 122 cm³/mol. The minimum Gasteiger partial charge on any atom is -0.232 e. The molecular formula is C23H16Cl2N6. The van der Waals surface area contributed by atoms with Crippen LogP contribution in [-0.4, -0.2) is 30.0 Å². The third-order valence-corrected chi connectivity index (χ3v) is 5.69. The maximum absolute atomic E-state index is 6.28. The van der Waals surface area contributed by atoms with Crippen LogP contribution < -0.4 is 0 Å². The van der Waals surface area contributed by atoms with Gasteiger partial charge in [-0.3, -0.25) is 0 Å². The van der Waals surface area contributed by atoms with E-state index in [0.717, 1.165) is 28.2 Å². The first-order valence-corrected chi connectivity index (χ1v) is 10.3. The van der Waals surface area contributed by atoms with Crippen molar-refractivity contribution >= 4 is 23.2 Å². The van der Waals surface area contributed by atoms with Crippen LogP contribution >= 0.6 is 23.2 Å². The molecule has 8 heteroatoms. The number of benzene rings is 3. The third kappa shape index (κ3) is 3.60. The Morgan fingerprint density at radius 2 is 1.55 bits per heavy atom. The summed E-state index contributed by atoms with van der Waals surface area (Å²) in [5.74, 6) is 0.591. The zero-order valence-corrected chi connectivity index (χ0v) is 18.0. The highest BCUT2D eigenvalue weighted by molar-refractivity contribution is 6.42. The van der Waals surface area contributed by atoms with Crippen LogP contribution in [0.4, 0.5) is 0 Å². The van der Waals surface area contributed by atoms with Gasteiger partial charge in [-0.05, 0) is 47.7 Å². The van der Waals surface area contributed by atoms with Crippen LogP contribution in [-0.2, 0) is 0 Å². The van der Waals surface area contributed by atoms with Crippen LogP contribution in [0.1, 0.15) is 5.56 Å². The number of nitrogens with zero attached hydrogens (tertiary/aromatic N) is 6. The van der Waals surface area contributed by atoms with Gasteiger partial charge in [0.1, 0.15) is 0 Å². The summed E-state index contributed by atoms with van der Waals surface area (Å²) in [5, 5.41) is 18.0. The van der Waals surface area contributed by atoms with Gasteiger partial charge in [0.15, 0.2) is 5.82 Å². The van der Waals surface area contributed by atoms with E-state index in [0.29, 0.717) is 15.9 Å². The Bertz CT molecular complexity index is 1360. The van der Waals surface area contributed by atoms with Crippen LogP contribution in [0.3, 0.4) is 0 Å². The monoisotopic (exact) mass is 446 g/mol. The normalized spacial score (nSPS) is 11.1. The molecule has 0 aliphatic rings. The zero-order chi connectivity index (χ0) is 21.4. The molecule has 5 aromatic rings. The molecule has 0 bridgehead atoms. The highest BCUT2D eigenvalue weighted by atomic mass is 35.5. The van der Waals surface area contributed by atoms with Crippen LogP contribution in [0.5, 0.6) is 0 Å². The Morgan fingerprint density at radius 3 is 2.29 bits per heavy atom. The minimum absolute atomic E-state index is 0.459. The number of tetrazole rings is 1. The van der Waals surface area contributed by atoms with Crippen molar-refractivity contribution in [2.24, 2.45) is 0 Å². The van der Waals surface area contributed by atoms with Gasteiger partial charge in [-0.15, -0.1) is 5.10 Å². The molecule has 0 saturated carbocycles. The van der Waals surface area contributed by atoms with Crippen molar-refractivity contribution in [3.63, 3.8) is 0 Å². The van der Waals surface area contributed by atoms with Crippen molar-refractivity contribution in [1.29, 1.82) is 0 Å². The largest absolute Gasteiger partial charge is 0.232 e. The first kappa shape index (κ1) is 19.5. The quantitative estimate of drug-likeness (QED) is 0.350. The molecule has 0 saturated heterocycles. The second kappa shape index (κ2) is 7.98. The van der Waals surface area contributed by atoms with Crippen molar-refractivity contribution in [3.8, 4) is 34.0 Å². The van der Waals surface area contributed by atoms with E-state index in [1.165, 1.54) is 5.56 Å². The van der Waals surface area contributed by atoms with E-state index in [1.54, 1.807) is 23.0 Å². The lowest BCUT2D eigenvalue weighted by Gasteiger charge is -2.11. The second-order valence-corrected chi connectivity index (χ2v) is 7.85. The summed E-state index contributed by atoms with van der Waals surface area (Å²) in [6.45, 7) is 2.05. The average Bonchev–Trinajstić information content (AvgIpc) is 3.44. The first-order valence-electron chi connectivity index (χ1n) is 9.56. The number of aromatic nitrogens is 6. The summed E-state index contributed by atoms with van der Waals surface area (Å²) < 4.78 is 3.53. The van der Waals surface area contributed by atoms with Gasteiger partial charge in [-0.1, -0.05) is 71.2 Å². The van der Waals surface area contributed by atoms with Gasteiger partial charge in [0.25, 0.3) is 0 Å². The van der Waals surface area contributed by atoms with Crippen molar-refractivity contribution in [2.75, 3.05) is 0 Å². The molecule has 3 aromatic carbocycles. The zero-order valence-electron chi connectivity index (χ0n) is 16.4. The minimum atomic E-state index is 0.459. The molecule has 152 valence electrons. The van der Waals surface area contributed by atoms with Crippen molar-refractivity contribution in [3.05, 3.63) is 94.6 Å². The summed E-state index contributed by atoms with van der Waals surface area (Å²) >= 11 is 12.4. The van der Waals surface area contributed by atoms with E-state index in [1.807, 2.05) is 41.1 Å². The van der Waals surface area contributed by atoms with Crippen LogP contribution in [0.15, 0.2) is 79.0 Å². The molecule has 0 aliphatic heterocycles. The number of hydrogen-bond acceptors (Lipinski definition) is 4. The van der Waals surface area contributed by atoms with Gasteiger partial charge in [0.2, 0.25) is 0 Å². The van der Waals surface area contributed by atoms with E-state index < -0.39 is 0 Å².